The van der Waals surface area contributed by atoms with E-state index < -0.39 is 0 Å². The maximum absolute atomic E-state index is 11.2. The summed E-state index contributed by atoms with van der Waals surface area (Å²) in [7, 11) is 0. The summed E-state index contributed by atoms with van der Waals surface area (Å²) < 4.78 is 0. The molecule has 4 nitrogen and oxygen atoms in total. The molecule has 0 aromatic carbocycles. The molecule has 0 bridgehead atoms. The van der Waals surface area contributed by atoms with Gasteiger partial charge in [0, 0.05) is 19.5 Å². The lowest BCUT2D eigenvalue weighted by atomic mass is 10.4. The smallest absolute Gasteiger partial charge is 0.238 e. The number of amides is 1. The van der Waals surface area contributed by atoms with Gasteiger partial charge in [-0.3, -0.25) is 9.80 Å². The first-order valence-corrected chi connectivity index (χ1v) is 4.28. The van der Waals surface area contributed by atoms with Crippen molar-refractivity contribution >= 4 is 12.2 Å². The summed E-state index contributed by atoms with van der Waals surface area (Å²) in [5.41, 5.74) is 0. The Morgan fingerprint density at radius 1 is 1.58 bits per heavy atom. The second-order valence-corrected chi connectivity index (χ2v) is 2.85. The van der Waals surface area contributed by atoms with Crippen molar-refractivity contribution in [2.24, 2.45) is 0 Å². The van der Waals surface area contributed by atoms with Crippen LogP contribution in [0, 0.1) is 0 Å². The molecule has 0 N–H and O–H groups in total. The van der Waals surface area contributed by atoms with Crippen molar-refractivity contribution < 1.29 is 9.59 Å². The quantitative estimate of drug-likeness (QED) is 0.559. The van der Waals surface area contributed by atoms with Crippen LogP contribution in [-0.2, 0) is 9.59 Å². The van der Waals surface area contributed by atoms with Crippen LogP contribution < -0.4 is 0 Å². The van der Waals surface area contributed by atoms with Crippen LogP contribution in [0.2, 0.25) is 0 Å². The molecular weight excluding hydrogens is 156 g/mol. The van der Waals surface area contributed by atoms with Gasteiger partial charge in [-0.2, -0.15) is 0 Å². The van der Waals surface area contributed by atoms with Crippen LogP contribution in [0.4, 0.5) is 0 Å². The average Bonchev–Trinajstić information content (AvgIpc) is 2.37. The Hall–Kier alpha value is -0.900. The van der Waals surface area contributed by atoms with Crippen molar-refractivity contribution in [1.82, 2.24) is 10.0 Å². The lowest BCUT2D eigenvalue weighted by molar-refractivity contribution is -0.138. The van der Waals surface area contributed by atoms with Crippen molar-refractivity contribution in [2.45, 2.75) is 19.8 Å². The second-order valence-electron chi connectivity index (χ2n) is 2.85. The summed E-state index contributed by atoms with van der Waals surface area (Å²) in [5.74, 6) is 0.138. The molecule has 0 saturated carbocycles. The Balaban J connectivity index is 2.50. The Morgan fingerprint density at radius 3 is 2.92 bits per heavy atom. The summed E-state index contributed by atoms with van der Waals surface area (Å²) in [5, 5.41) is 3.48. The molecule has 0 spiro atoms. The molecule has 0 atom stereocenters. The fourth-order valence-corrected chi connectivity index (χ4v) is 1.39. The van der Waals surface area contributed by atoms with Crippen molar-refractivity contribution in [3.8, 4) is 0 Å². The van der Waals surface area contributed by atoms with E-state index in [-0.39, 0.29) is 5.91 Å². The number of carbonyl (C=O) groups is 2. The van der Waals surface area contributed by atoms with E-state index in [1.165, 1.54) is 0 Å². The summed E-state index contributed by atoms with van der Waals surface area (Å²) >= 11 is 0. The fourth-order valence-electron chi connectivity index (χ4n) is 1.39. The molecule has 0 radical (unpaired) electrons. The zero-order valence-electron chi connectivity index (χ0n) is 7.32. The molecule has 1 saturated heterocycles. The number of aldehydes is 1. The van der Waals surface area contributed by atoms with Crippen LogP contribution >= 0.6 is 0 Å². The van der Waals surface area contributed by atoms with Gasteiger partial charge in [0.1, 0.15) is 6.29 Å². The number of rotatable bonds is 4. The third-order valence-corrected chi connectivity index (χ3v) is 1.93. The first kappa shape index (κ1) is 9.19. The largest absolute Gasteiger partial charge is 0.302 e. The average molecular weight is 170 g/mol. The Bertz CT molecular complexity index is 182. The van der Waals surface area contributed by atoms with E-state index >= 15 is 0 Å². The highest BCUT2D eigenvalue weighted by molar-refractivity contribution is 5.78. The van der Waals surface area contributed by atoms with Gasteiger partial charge in [0.25, 0.3) is 0 Å². The third-order valence-electron chi connectivity index (χ3n) is 1.93. The standard InChI is InChI=1S/C8H14N2O2/c1-2-4-10-8(12)3-5-9(10)6-7-11/h7H,2-6H2,1H3. The van der Waals surface area contributed by atoms with Crippen molar-refractivity contribution in [3.05, 3.63) is 0 Å². The summed E-state index contributed by atoms with van der Waals surface area (Å²) in [6, 6.07) is 0. The molecule has 0 aromatic rings. The first-order chi connectivity index (χ1) is 5.79. The van der Waals surface area contributed by atoms with Gasteiger partial charge in [-0.05, 0) is 6.42 Å². The van der Waals surface area contributed by atoms with Gasteiger partial charge in [-0.25, -0.2) is 5.01 Å². The molecule has 0 unspecified atom stereocenters. The number of nitrogens with zero attached hydrogens (tertiary/aromatic N) is 2. The molecule has 1 fully saturated rings. The molecule has 1 amide bonds. The number of hydrazine groups is 1. The van der Waals surface area contributed by atoms with Crippen LogP contribution in [0.15, 0.2) is 0 Å². The van der Waals surface area contributed by atoms with Crippen molar-refractivity contribution in [2.75, 3.05) is 19.6 Å². The predicted octanol–water partition coefficient (Wildman–Crippen LogP) is 0.0446. The fraction of sp³-hybridized carbons (Fsp3) is 0.750. The lowest BCUT2D eigenvalue weighted by Crippen LogP contribution is -2.40. The van der Waals surface area contributed by atoms with Gasteiger partial charge in [-0.15, -0.1) is 0 Å². The van der Waals surface area contributed by atoms with E-state index in [1.807, 2.05) is 6.92 Å². The maximum Gasteiger partial charge on any atom is 0.238 e. The van der Waals surface area contributed by atoms with Crippen LogP contribution in [0.1, 0.15) is 19.8 Å². The second kappa shape index (κ2) is 4.21. The highest BCUT2D eigenvalue weighted by Gasteiger charge is 2.27. The summed E-state index contributed by atoms with van der Waals surface area (Å²) in [4.78, 5) is 21.5. The molecule has 1 heterocycles. The van der Waals surface area contributed by atoms with Crippen LogP contribution in [-0.4, -0.2) is 41.8 Å². The monoisotopic (exact) mass is 170 g/mol. The minimum Gasteiger partial charge on any atom is -0.302 e. The highest BCUT2D eigenvalue weighted by atomic mass is 16.2. The maximum atomic E-state index is 11.2. The van der Waals surface area contributed by atoms with Gasteiger partial charge in [-0.1, -0.05) is 6.92 Å². The van der Waals surface area contributed by atoms with Crippen LogP contribution in [0.25, 0.3) is 0 Å². The normalized spacial score (nSPS) is 18.8. The third kappa shape index (κ3) is 1.82. The minimum atomic E-state index is 0.138. The molecule has 1 rings (SSSR count). The number of hydrogen-bond donors (Lipinski definition) is 0. The van der Waals surface area contributed by atoms with E-state index in [9.17, 15) is 9.59 Å². The van der Waals surface area contributed by atoms with Gasteiger partial charge in [0.15, 0.2) is 0 Å². The van der Waals surface area contributed by atoms with E-state index in [1.54, 1.807) is 10.0 Å². The SMILES string of the molecule is CCCN1C(=O)CCN1CC=O. The molecule has 68 valence electrons. The highest BCUT2D eigenvalue weighted by Crippen LogP contribution is 2.10. The first-order valence-electron chi connectivity index (χ1n) is 4.28. The Kier molecular flexibility index (Phi) is 3.22. The molecule has 4 heteroatoms. The molecule has 0 aliphatic carbocycles. The summed E-state index contributed by atoms with van der Waals surface area (Å²) in [6.07, 6.45) is 2.32. The van der Waals surface area contributed by atoms with Gasteiger partial charge in [0.2, 0.25) is 5.91 Å². The van der Waals surface area contributed by atoms with Crippen molar-refractivity contribution in [3.63, 3.8) is 0 Å². The zero-order valence-corrected chi connectivity index (χ0v) is 7.32. The number of carbonyl (C=O) groups excluding carboxylic acids is 2. The zero-order chi connectivity index (χ0) is 8.97. The van der Waals surface area contributed by atoms with Crippen LogP contribution in [0.5, 0.6) is 0 Å². The molecule has 0 aromatic heterocycles. The van der Waals surface area contributed by atoms with E-state index in [0.29, 0.717) is 19.5 Å². The minimum absolute atomic E-state index is 0.138. The summed E-state index contributed by atoms with van der Waals surface area (Å²) in [6.45, 7) is 3.78. The lowest BCUT2D eigenvalue weighted by Gasteiger charge is -2.25. The Labute approximate surface area is 72.1 Å². The molecule has 1 aliphatic rings. The topological polar surface area (TPSA) is 40.6 Å². The van der Waals surface area contributed by atoms with E-state index in [2.05, 4.69) is 0 Å². The molecule has 12 heavy (non-hydrogen) atoms. The van der Waals surface area contributed by atoms with Crippen molar-refractivity contribution in [1.29, 1.82) is 0 Å². The van der Waals surface area contributed by atoms with Gasteiger partial charge < -0.3 is 4.79 Å². The van der Waals surface area contributed by atoms with E-state index in [4.69, 9.17) is 0 Å². The Morgan fingerprint density at radius 2 is 2.33 bits per heavy atom. The van der Waals surface area contributed by atoms with Crippen LogP contribution in [0.3, 0.4) is 0 Å². The van der Waals surface area contributed by atoms with Gasteiger partial charge in [0.05, 0.1) is 6.54 Å². The van der Waals surface area contributed by atoms with Gasteiger partial charge >= 0.3 is 0 Å². The molecule has 1 aliphatic heterocycles. The predicted molar refractivity (Wildman–Crippen MR) is 44.3 cm³/mol. The van der Waals surface area contributed by atoms with E-state index in [0.717, 1.165) is 19.3 Å². The molecular formula is C8H14N2O2. The number of hydrogen-bond acceptors (Lipinski definition) is 3.